The normalized spacial score (nSPS) is 11.2. The van der Waals surface area contributed by atoms with Gasteiger partial charge in [0.2, 0.25) is 11.7 Å². The number of aromatic nitrogens is 3. The molecule has 2 N–H and O–H groups in total. The molecule has 0 aliphatic carbocycles. The van der Waals surface area contributed by atoms with E-state index in [4.69, 9.17) is 0 Å². The number of alkyl halides is 3. The van der Waals surface area contributed by atoms with Crippen LogP contribution in [0.2, 0.25) is 0 Å². The average Bonchev–Trinajstić information content (AvgIpc) is 3.26. The molecule has 0 bridgehead atoms. The van der Waals surface area contributed by atoms with Gasteiger partial charge in [0.05, 0.1) is 22.6 Å². The van der Waals surface area contributed by atoms with E-state index >= 15 is 0 Å². The molecule has 1 aromatic heterocycles. The molecular formula is C24H18F3N5O2. The number of hydrogen-bond donors (Lipinski definition) is 2. The number of amides is 2. The topological polar surface area (TPSA) is 88.9 Å². The van der Waals surface area contributed by atoms with Gasteiger partial charge in [-0.25, -0.2) is 9.67 Å². The zero-order valence-corrected chi connectivity index (χ0v) is 17.8. The van der Waals surface area contributed by atoms with Crippen LogP contribution in [0.5, 0.6) is 0 Å². The lowest BCUT2D eigenvalue weighted by molar-refractivity contribution is -0.137. The highest BCUT2D eigenvalue weighted by Gasteiger charge is 2.31. The maximum atomic E-state index is 13.2. The van der Waals surface area contributed by atoms with Gasteiger partial charge in [0, 0.05) is 12.5 Å². The fraction of sp³-hybridized carbons (Fsp3) is 0.0833. The number of nitrogens with one attached hydrogen (secondary N) is 2. The predicted octanol–water partition coefficient (Wildman–Crippen LogP) is 5.16. The number of hydrogen-bond acceptors (Lipinski definition) is 4. The Morgan fingerprint density at radius 2 is 1.50 bits per heavy atom. The maximum Gasteiger partial charge on any atom is 0.416 e. The number of halogens is 3. The summed E-state index contributed by atoms with van der Waals surface area (Å²) < 4.78 is 41.2. The van der Waals surface area contributed by atoms with Crippen LogP contribution in [0.25, 0.3) is 17.1 Å². The second kappa shape index (κ2) is 9.18. The average molecular weight is 465 g/mol. The molecule has 3 aromatic carbocycles. The molecule has 0 atom stereocenters. The third kappa shape index (κ3) is 4.96. The fourth-order valence-corrected chi connectivity index (χ4v) is 3.23. The van der Waals surface area contributed by atoms with Crippen molar-refractivity contribution in [2.45, 2.75) is 13.1 Å². The number of benzene rings is 3. The quantitative estimate of drug-likeness (QED) is 0.426. The predicted molar refractivity (Wildman–Crippen MR) is 120 cm³/mol. The molecule has 0 fully saturated rings. The van der Waals surface area contributed by atoms with E-state index < -0.39 is 23.6 Å². The molecule has 172 valence electrons. The molecule has 34 heavy (non-hydrogen) atoms. The first kappa shape index (κ1) is 22.7. The van der Waals surface area contributed by atoms with Crippen LogP contribution in [0, 0.1) is 0 Å². The highest BCUT2D eigenvalue weighted by Crippen LogP contribution is 2.34. The van der Waals surface area contributed by atoms with Gasteiger partial charge in [-0.2, -0.15) is 13.2 Å². The molecule has 0 unspecified atom stereocenters. The molecule has 0 saturated heterocycles. The minimum Gasteiger partial charge on any atom is -0.325 e. The molecule has 2 amide bonds. The first-order valence-electron chi connectivity index (χ1n) is 10.1. The summed E-state index contributed by atoms with van der Waals surface area (Å²) in [5.41, 5.74) is 0.137. The van der Waals surface area contributed by atoms with Crippen LogP contribution < -0.4 is 10.6 Å². The van der Waals surface area contributed by atoms with E-state index in [1.54, 1.807) is 48.5 Å². The van der Waals surface area contributed by atoms with Crippen molar-refractivity contribution in [3.8, 4) is 17.1 Å². The van der Waals surface area contributed by atoms with Crippen LogP contribution in [-0.4, -0.2) is 26.6 Å². The molecule has 0 saturated carbocycles. The third-order valence-corrected chi connectivity index (χ3v) is 4.75. The summed E-state index contributed by atoms with van der Waals surface area (Å²) in [6, 6.07) is 20.7. The first-order valence-corrected chi connectivity index (χ1v) is 10.1. The summed E-state index contributed by atoms with van der Waals surface area (Å²) in [5, 5.41) is 9.10. The van der Waals surface area contributed by atoms with Gasteiger partial charge in [-0.15, -0.1) is 5.10 Å². The fourth-order valence-electron chi connectivity index (χ4n) is 3.23. The number of rotatable bonds is 5. The van der Waals surface area contributed by atoms with E-state index in [-0.39, 0.29) is 17.2 Å². The summed E-state index contributed by atoms with van der Waals surface area (Å²) in [6.07, 6.45) is -4.64. The van der Waals surface area contributed by atoms with E-state index in [2.05, 4.69) is 20.7 Å². The van der Waals surface area contributed by atoms with E-state index in [1.165, 1.54) is 11.6 Å². The van der Waals surface area contributed by atoms with Crippen molar-refractivity contribution >= 4 is 23.2 Å². The number of carbonyl (C=O) groups excluding carboxylic acids is 2. The largest absolute Gasteiger partial charge is 0.416 e. The molecular weight excluding hydrogens is 447 g/mol. The Bertz CT molecular complexity index is 1280. The Hall–Kier alpha value is -4.47. The molecule has 0 aliphatic heterocycles. The smallest absolute Gasteiger partial charge is 0.325 e. The number of nitrogens with zero attached hydrogens (tertiary/aromatic N) is 3. The van der Waals surface area contributed by atoms with Crippen molar-refractivity contribution in [1.82, 2.24) is 14.8 Å². The molecule has 0 spiro atoms. The van der Waals surface area contributed by atoms with E-state index in [0.717, 1.165) is 18.2 Å². The number of para-hydroxylation sites is 1. The monoisotopic (exact) mass is 465 g/mol. The van der Waals surface area contributed by atoms with Gasteiger partial charge in [0.15, 0.2) is 5.82 Å². The van der Waals surface area contributed by atoms with Gasteiger partial charge in [-0.3, -0.25) is 9.59 Å². The second-order valence-electron chi connectivity index (χ2n) is 7.27. The molecule has 0 radical (unpaired) electrons. The SMILES string of the molecule is CC(=O)Nc1ccc(C(F)(F)F)cc1NC(=O)c1nc(-c2ccccc2)n(-c2ccccc2)n1. The number of anilines is 2. The second-order valence-corrected chi connectivity index (χ2v) is 7.27. The van der Waals surface area contributed by atoms with Crippen LogP contribution in [0.1, 0.15) is 23.1 Å². The summed E-state index contributed by atoms with van der Waals surface area (Å²) in [7, 11) is 0. The zero-order chi connectivity index (χ0) is 24.3. The first-order chi connectivity index (χ1) is 16.2. The van der Waals surface area contributed by atoms with Crippen molar-refractivity contribution in [1.29, 1.82) is 0 Å². The Balaban J connectivity index is 1.74. The van der Waals surface area contributed by atoms with Gasteiger partial charge in [0.1, 0.15) is 0 Å². The van der Waals surface area contributed by atoms with Gasteiger partial charge in [-0.1, -0.05) is 48.5 Å². The van der Waals surface area contributed by atoms with Crippen molar-refractivity contribution in [2.24, 2.45) is 0 Å². The van der Waals surface area contributed by atoms with E-state index in [9.17, 15) is 22.8 Å². The minimum atomic E-state index is -4.64. The molecule has 4 aromatic rings. The van der Waals surface area contributed by atoms with Crippen molar-refractivity contribution in [3.63, 3.8) is 0 Å². The molecule has 10 heteroatoms. The highest BCUT2D eigenvalue weighted by atomic mass is 19.4. The van der Waals surface area contributed by atoms with Crippen LogP contribution in [0.3, 0.4) is 0 Å². The highest BCUT2D eigenvalue weighted by molar-refractivity contribution is 6.05. The van der Waals surface area contributed by atoms with Gasteiger partial charge in [0.25, 0.3) is 5.91 Å². The minimum absolute atomic E-state index is 0.0135. The van der Waals surface area contributed by atoms with Gasteiger partial charge < -0.3 is 10.6 Å². The van der Waals surface area contributed by atoms with Gasteiger partial charge >= 0.3 is 6.18 Å². The summed E-state index contributed by atoms with van der Waals surface area (Å²) in [5.74, 6) is -1.22. The summed E-state index contributed by atoms with van der Waals surface area (Å²) in [4.78, 5) is 28.8. The third-order valence-electron chi connectivity index (χ3n) is 4.75. The van der Waals surface area contributed by atoms with Crippen molar-refractivity contribution < 1.29 is 22.8 Å². The lowest BCUT2D eigenvalue weighted by atomic mass is 10.1. The van der Waals surface area contributed by atoms with Crippen LogP contribution in [0.4, 0.5) is 24.5 Å². The molecule has 7 nitrogen and oxygen atoms in total. The van der Waals surface area contributed by atoms with Crippen LogP contribution in [0.15, 0.2) is 78.9 Å². The van der Waals surface area contributed by atoms with Crippen LogP contribution in [-0.2, 0) is 11.0 Å². The number of carbonyl (C=O) groups is 2. The van der Waals surface area contributed by atoms with E-state index in [0.29, 0.717) is 17.1 Å². The maximum absolute atomic E-state index is 13.2. The van der Waals surface area contributed by atoms with Crippen LogP contribution >= 0.6 is 0 Å². The van der Waals surface area contributed by atoms with Crippen molar-refractivity contribution in [2.75, 3.05) is 10.6 Å². The zero-order valence-electron chi connectivity index (χ0n) is 17.8. The standard InChI is InChI=1S/C24H18F3N5O2/c1-15(33)28-19-13-12-17(24(25,26)27)14-20(19)29-23(34)21-30-22(16-8-4-2-5-9-16)32(31-21)18-10-6-3-7-11-18/h2-14H,1H3,(H,28,33)(H,29,34). The molecule has 1 heterocycles. The lowest BCUT2D eigenvalue weighted by Gasteiger charge is -2.14. The Labute approximate surface area is 192 Å². The summed E-state index contributed by atoms with van der Waals surface area (Å²) >= 11 is 0. The molecule has 0 aliphatic rings. The Morgan fingerprint density at radius 3 is 2.12 bits per heavy atom. The lowest BCUT2D eigenvalue weighted by Crippen LogP contribution is -2.18. The molecule has 4 rings (SSSR count). The van der Waals surface area contributed by atoms with Gasteiger partial charge in [-0.05, 0) is 30.3 Å². The Kier molecular flexibility index (Phi) is 6.13. The summed E-state index contributed by atoms with van der Waals surface area (Å²) in [6.45, 7) is 1.21. The van der Waals surface area contributed by atoms with E-state index in [1.807, 2.05) is 12.1 Å². The van der Waals surface area contributed by atoms with Crippen molar-refractivity contribution in [3.05, 3.63) is 90.3 Å². The Morgan fingerprint density at radius 1 is 0.853 bits per heavy atom.